The summed E-state index contributed by atoms with van der Waals surface area (Å²) in [6, 6.07) is 7.62. The first-order valence-electron chi connectivity index (χ1n) is 12.8. The average Bonchev–Trinajstić information content (AvgIpc) is 3.74. The van der Waals surface area contributed by atoms with E-state index in [2.05, 4.69) is 46.0 Å². The molecule has 3 aliphatic rings. The molecular formula is C28H41NO6. The van der Waals surface area contributed by atoms with Gasteiger partial charge in [-0.2, -0.15) is 0 Å². The molecule has 1 N–H and O–H groups in total. The predicted molar refractivity (Wildman–Crippen MR) is 135 cm³/mol. The van der Waals surface area contributed by atoms with Gasteiger partial charge in [-0.25, -0.2) is 0 Å². The molecule has 35 heavy (non-hydrogen) atoms. The zero-order chi connectivity index (χ0) is 25.2. The van der Waals surface area contributed by atoms with Crippen LogP contribution in [0.3, 0.4) is 0 Å². The van der Waals surface area contributed by atoms with Crippen LogP contribution in [0.25, 0.3) is 0 Å². The Morgan fingerprint density at radius 2 is 1.97 bits per heavy atom. The smallest absolute Gasteiger partial charge is 0.325 e. The molecule has 0 radical (unpaired) electrons. The molecule has 0 bridgehead atoms. The fourth-order valence-corrected chi connectivity index (χ4v) is 5.39. The molecule has 2 heterocycles. The van der Waals surface area contributed by atoms with Gasteiger partial charge in [-0.3, -0.25) is 4.79 Å². The van der Waals surface area contributed by atoms with Crippen molar-refractivity contribution in [2.45, 2.75) is 83.4 Å². The number of hydrogen-bond donors (Lipinski definition) is 1. The number of nitrogens with one attached hydrogen (secondary N) is 1. The first kappa shape index (κ1) is 26.0. The second-order valence-corrected chi connectivity index (χ2v) is 11.0. The Morgan fingerprint density at radius 1 is 1.26 bits per heavy atom. The van der Waals surface area contributed by atoms with Crippen LogP contribution < -0.4 is 10.1 Å². The summed E-state index contributed by atoms with van der Waals surface area (Å²) in [5, 5.41) is 3.15. The highest BCUT2D eigenvalue weighted by Crippen LogP contribution is 2.59. The Hall–Kier alpha value is -2.09. The summed E-state index contributed by atoms with van der Waals surface area (Å²) >= 11 is 0. The minimum atomic E-state index is -0.341. The summed E-state index contributed by atoms with van der Waals surface area (Å²) < 4.78 is 29.8. The lowest BCUT2D eigenvalue weighted by molar-refractivity contribution is -0.170. The van der Waals surface area contributed by atoms with Crippen molar-refractivity contribution in [3.05, 3.63) is 35.9 Å². The molecule has 4 rings (SSSR count). The Bertz CT molecular complexity index is 905. The zero-order valence-electron chi connectivity index (χ0n) is 22.0. The minimum Gasteiger partial charge on any atom is -0.493 e. The number of carbonyl (C=O) groups excluding carboxylic acids is 1. The molecule has 1 aromatic carbocycles. The standard InChI is InChI=1S/C28H41NO6/c1-18(2)7-12-23-27(5,35-23)26-25(31-6)22(13-14-28(26)17-33-28)34-24(30)15-29-20-8-10-21(11-9-20)32-16-19(3)4/h7-11,19,22-23,25-26,29H,12-17H2,1-6H3/t22-,23?,25-,26-,27+,28+/m1/s1. The van der Waals surface area contributed by atoms with Gasteiger partial charge in [0.25, 0.3) is 0 Å². The van der Waals surface area contributed by atoms with Gasteiger partial charge in [0.15, 0.2) is 0 Å². The lowest BCUT2D eigenvalue weighted by Gasteiger charge is -2.42. The van der Waals surface area contributed by atoms with Crippen molar-refractivity contribution in [3.63, 3.8) is 0 Å². The number of epoxide rings is 2. The van der Waals surface area contributed by atoms with Gasteiger partial charge in [-0.05, 0) is 70.2 Å². The third-order valence-electron chi connectivity index (χ3n) is 7.39. The monoisotopic (exact) mass is 487 g/mol. The van der Waals surface area contributed by atoms with Crippen LogP contribution in [0, 0.1) is 11.8 Å². The minimum absolute atomic E-state index is 0.0217. The van der Waals surface area contributed by atoms with E-state index in [4.69, 9.17) is 23.7 Å². The van der Waals surface area contributed by atoms with Gasteiger partial charge < -0.3 is 29.0 Å². The molecule has 7 heteroatoms. The zero-order valence-corrected chi connectivity index (χ0v) is 22.0. The summed E-state index contributed by atoms with van der Waals surface area (Å²) in [4.78, 5) is 12.7. The Labute approximate surface area is 209 Å². The molecular weight excluding hydrogens is 446 g/mol. The third kappa shape index (κ3) is 6.01. The molecule has 2 saturated heterocycles. The number of methoxy groups -OCH3 is 1. The molecule has 3 fully saturated rings. The van der Waals surface area contributed by atoms with Crippen LogP contribution in [0.4, 0.5) is 5.69 Å². The van der Waals surface area contributed by atoms with Crippen LogP contribution in [0.2, 0.25) is 0 Å². The van der Waals surface area contributed by atoms with E-state index in [9.17, 15) is 4.79 Å². The highest BCUT2D eigenvalue weighted by atomic mass is 16.6. The summed E-state index contributed by atoms with van der Waals surface area (Å²) in [7, 11) is 1.69. The molecule has 1 unspecified atom stereocenters. The van der Waals surface area contributed by atoms with E-state index in [0.29, 0.717) is 19.1 Å². The summed E-state index contributed by atoms with van der Waals surface area (Å²) in [5.74, 6) is 1.01. The molecule has 0 aromatic heterocycles. The van der Waals surface area contributed by atoms with E-state index in [1.165, 1.54) is 5.57 Å². The number of anilines is 1. The van der Waals surface area contributed by atoms with Crippen LogP contribution in [-0.2, 0) is 23.7 Å². The van der Waals surface area contributed by atoms with Gasteiger partial charge in [-0.15, -0.1) is 0 Å². The molecule has 194 valence electrons. The van der Waals surface area contributed by atoms with Crippen molar-refractivity contribution >= 4 is 11.7 Å². The molecule has 7 nitrogen and oxygen atoms in total. The third-order valence-corrected chi connectivity index (χ3v) is 7.39. The van der Waals surface area contributed by atoms with Gasteiger partial charge in [0.2, 0.25) is 0 Å². The fourth-order valence-electron chi connectivity index (χ4n) is 5.39. The van der Waals surface area contributed by atoms with E-state index >= 15 is 0 Å². The van der Waals surface area contributed by atoms with Crippen LogP contribution in [-0.4, -0.2) is 62.4 Å². The summed E-state index contributed by atoms with van der Waals surface area (Å²) in [6.07, 6.45) is 4.18. The summed E-state index contributed by atoms with van der Waals surface area (Å²) in [5.41, 5.74) is 1.56. The number of rotatable bonds is 11. The van der Waals surface area contributed by atoms with Crippen LogP contribution in [0.5, 0.6) is 5.75 Å². The highest BCUT2D eigenvalue weighted by molar-refractivity contribution is 5.75. The molecule has 0 amide bonds. The normalized spacial score (nSPS) is 33.3. The van der Waals surface area contributed by atoms with E-state index in [0.717, 1.165) is 30.7 Å². The first-order valence-corrected chi connectivity index (χ1v) is 12.8. The number of hydrogen-bond acceptors (Lipinski definition) is 7. The Balaban J connectivity index is 1.33. The van der Waals surface area contributed by atoms with Crippen molar-refractivity contribution in [2.24, 2.45) is 11.8 Å². The van der Waals surface area contributed by atoms with Crippen molar-refractivity contribution in [3.8, 4) is 5.75 Å². The van der Waals surface area contributed by atoms with Crippen LogP contribution in [0.1, 0.15) is 53.9 Å². The van der Waals surface area contributed by atoms with Crippen molar-refractivity contribution in [1.82, 2.24) is 0 Å². The lowest BCUT2D eigenvalue weighted by atomic mass is 9.68. The number of benzene rings is 1. The maximum Gasteiger partial charge on any atom is 0.325 e. The van der Waals surface area contributed by atoms with E-state index in [-0.39, 0.29) is 47.9 Å². The van der Waals surface area contributed by atoms with Gasteiger partial charge in [0.05, 0.1) is 25.2 Å². The van der Waals surface area contributed by atoms with E-state index in [1.807, 2.05) is 24.3 Å². The van der Waals surface area contributed by atoms with Crippen molar-refractivity contribution < 1.29 is 28.5 Å². The van der Waals surface area contributed by atoms with Gasteiger partial charge in [0, 0.05) is 12.8 Å². The second-order valence-electron chi connectivity index (χ2n) is 11.0. The molecule has 1 saturated carbocycles. The van der Waals surface area contributed by atoms with E-state index < -0.39 is 0 Å². The molecule has 2 aliphatic heterocycles. The van der Waals surface area contributed by atoms with Gasteiger partial charge in [-0.1, -0.05) is 25.5 Å². The van der Waals surface area contributed by atoms with Gasteiger partial charge in [0.1, 0.15) is 35.7 Å². The quantitative estimate of drug-likeness (QED) is 0.274. The molecule has 1 spiro atoms. The fraction of sp³-hybridized carbons (Fsp3) is 0.679. The summed E-state index contributed by atoms with van der Waals surface area (Å²) in [6.45, 7) is 12.1. The lowest BCUT2D eigenvalue weighted by Crippen LogP contribution is -2.55. The topological polar surface area (TPSA) is 81.9 Å². The second kappa shape index (κ2) is 10.5. The predicted octanol–water partition coefficient (Wildman–Crippen LogP) is 4.75. The number of allylic oxidation sites excluding steroid dienone is 1. The molecule has 6 atom stereocenters. The first-order chi connectivity index (χ1) is 16.7. The highest BCUT2D eigenvalue weighted by Gasteiger charge is 2.72. The van der Waals surface area contributed by atoms with Crippen molar-refractivity contribution in [1.29, 1.82) is 0 Å². The van der Waals surface area contributed by atoms with Crippen LogP contribution in [0.15, 0.2) is 35.9 Å². The SMILES string of the molecule is CO[C@@H]1[C@H](OC(=O)CNc2ccc(OCC(C)C)cc2)CC[C@]2(CO2)[C@H]1[C@@]1(C)OC1CC=C(C)C. The molecule has 1 aliphatic carbocycles. The number of carbonyl (C=O) groups is 1. The maximum absolute atomic E-state index is 12.7. The number of esters is 1. The van der Waals surface area contributed by atoms with Crippen molar-refractivity contribution in [2.75, 3.05) is 32.2 Å². The maximum atomic E-state index is 12.7. The average molecular weight is 488 g/mol. The Kier molecular flexibility index (Phi) is 7.79. The van der Waals surface area contributed by atoms with Crippen LogP contribution >= 0.6 is 0 Å². The largest absolute Gasteiger partial charge is 0.493 e. The number of ether oxygens (including phenoxy) is 5. The Morgan fingerprint density at radius 3 is 2.57 bits per heavy atom. The van der Waals surface area contributed by atoms with Gasteiger partial charge >= 0.3 is 5.97 Å². The molecule has 1 aromatic rings. The van der Waals surface area contributed by atoms with E-state index in [1.54, 1.807) is 7.11 Å².